The van der Waals surface area contributed by atoms with Crippen molar-refractivity contribution in [1.29, 1.82) is 0 Å². The molecule has 9 heteroatoms. The minimum Gasteiger partial charge on any atom is -0.476 e. The molecule has 0 unspecified atom stereocenters. The van der Waals surface area contributed by atoms with Gasteiger partial charge >= 0.3 is 6.09 Å². The van der Waals surface area contributed by atoms with Gasteiger partial charge in [0.15, 0.2) is 5.60 Å². The first-order valence-corrected chi connectivity index (χ1v) is 14.3. The molecule has 3 rings (SSSR count). The van der Waals surface area contributed by atoms with E-state index in [-0.39, 0.29) is 30.0 Å². The molecule has 1 aromatic carbocycles. The number of hydrogen-bond donors (Lipinski definition) is 0. The minimum atomic E-state index is -1.03. The highest BCUT2D eigenvalue weighted by Crippen LogP contribution is 2.41. The molecule has 0 aliphatic carbocycles. The Morgan fingerprint density at radius 3 is 2.55 bits per heavy atom. The van der Waals surface area contributed by atoms with Crippen LogP contribution in [-0.4, -0.2) is 84.3 Å². The number of carbonyl (C=O) groups excluding carboxylic acids is 3. The molecular formula is C31H47N3O6. The van der Waals surface area contributed by atoms with Crippen molar-refractivity contribution >= 4 is 29.7 Å². The van der Waals surface area contributed by atoms with Gasteiger partial charge in [-0.15, -0.1) is 0 Å². The highest BCUT2D eigenvalue weighted by Gasteiger charge is 2.42. The van der Waals surface area contributed by atoms with Crippen molar-refractivity contribution in [3.63, 3.8) is 0 Å². The molecule has 2 aliphatic heterocycles. The molecule has 222 valence electrons. The Hall–Kier alpha value is -3.07. The van der Waals surface area contributed by atoms with Crippen LogP contribution >= 0.6 is 0 Å². The van der Waals surface area contributed by atoms with Gasteiger partial charge in [-0.3, -0.25) is 9.59 Å². The summed E-state index contributed by atoms with van der Waals surface area (Å²) in [6, 6.07) is 3.36. The number of methoxy groups -OCH3 is 1. The summed E-state index contributed by atoms with van der Waals surface area (Å²) in [7, 11) is 1.63. The third kappa shape index (κ3) is 7.16. The van der Waals surface area contributed by atoms with Crippen LogP contribution in [0.25, 0.3) is 6.08 Å². The molecule has 9 nitrogen and oxygen atoms in total. The zero-order valence-corrected chi connectivity index (χ0v) is 25.7. The van der Waals surface area contributed by atoms with E-state index in [1.54, 1.807) is 36.8 Å². The Bertz CT molecular complexity index is 1120. The van der Waals surface area contributed by atoms with Gasteiger partial charge in [0.1, 0.15) is 11.4 Å². The molecule has 0 radical (unpaired) electrons. The van der Waals surface area contributed by atoms with E-state index in [1.807, 2.05) is 64.7 Å². The summed E-state index contributed by atoms with van der Waals surface area (Å²) >= 11 is 0. The van der Waals surface area contributed by atoms with Crippen LogP contribution in [0.2, 0.25) is 0 Å². The Morgan fingerprint density at radius 1 is 1.25 bits per heavy atom. The molecule has 1 fully saturated rings. The maximum absolute atomic E-state index is 14.3. The van der Waals surface area contributed by atoms with E-state index in [0.717, 1.165) is 18.4 Å². The van der Waals surface area contributed by atoms with Crippen LogP contribution in [0.1, 0.15) is 90.6 Å². The number of anilines is 1. The first-order chi connectivity index (χ1) is 18.7. The number of nitrogens with zero attached hydrogens (tertiary/aromatic N) is 3. The number of likely N-dealkylation sites (tertiary alicyclic amines) is 1. The van der Waals surface area contributed by atoms with E-state index < -0.39 is 11.2 Å². The number of allylic oxidation sites excluding steroid dienone is 1. The van der Waals surface area contributed by atoms with Crippen LogP contribution in [0.4, 0.5) is 10.5 Å². The zero-order valence-electron chi connectivity index (χ0n) is 25.7. The van der Waals surface area contributed by atoms with Crippen molar-refractivity contribution in [2.45, 2.75) is 97.9 Å². The molecule has 0 bridgehead atoms. The molecular weight excluding hydrogens is 510 g/mol. The number of amides is 3. The molecule has 2 aliphatic rings. The quantitative estimate of drug-likeness (QED) is 0.392. The predicted octanol–water partition coefficient (Wildman–Crippen LogP) is 5.51. The number of piperidine rings is 1. The second-order valence-corrected chi connectivity index (χ2v) is 12.4. The largest absolute Gasteiger partial charge is 0.476 e. The molecule has 0 aromatic heterocycles. The summed E-state index contributed by atoms with van der Waals surface area (Å²) in [5.74, 6) is 0.266. The lowest BCUT2D eigenvalue weighted by Gasteiger charge is -2.42. The fourth-order valence-electron chi connectivity index (χ4n) is 5.36. The lowest BCUT2D eigenvalue weighted by Crippen LogP contribution is -2.55. The minimum absolute atomic E-state index is 0.111. The molecule has 3 amide bonds. The number of rotatable bonds is 8. The zero-order chi connectivity index (χ0) is 29.8. The topological polar surface area (TPSA) is 88.6 Å². The maximum atomic E-state index is 14.3. The Morgan fingerprint density at radius 2 is 1.95 bits per heavy atom. The van der Waals surface area contributed by atoms with E-state index in [9.17, 15) is 14.4 Å². The molecule has 0 spiro atoms. The van der Waals surface area contributed by atoms with Gasteiger partial charge in [-0.25, -0.2) is 4.79 Å². The number of carbonyl (C=O) groups is 3. The highest BCUT2D eigenvalue weighted by atomic mass is 16.6. The average molecular weight is 558 g/mol. The number of hydrogen-bond acceptors (Lipinski definition) is 6. The van der Waals surface area contributed by atoms with Gasteiger partial charge < -0.3 is 28.9 Å². The van der Waals surface area contributed by atoms with Gasteiger partial charge in [0.05, 0.1) is 11.7 Å². The first-order valence-electron chi connectivity index (χ1n) is 14.3. The summed E-state index contributed by atoms with van der Waals surface area (Å²) in [4.78, 5) is 45.9. The monoisotopic (exact) mass is 557 g/mol. The standard InChI is InChI=1S/C31H47N3O6/c1-10-13-22-18-26-25(33(16-12-17-38-9)28(36)31(7,8)39-26)19-24(22)27(35)34(21(2)3)23-14-11-15-32(20-23)29(37)40-30(4,5)6/h10,13,18-19,21,23H,11-12,14-17,20H2,1-9H3/b13-10+/t23-/m1/s1. The van der Waals surface area contributed by atoms with Gasteiger partial charge in [-0.1, -0.05) is 12.2 Å². The fourth-order valence-corrected chi connectivity index (χ4v) is 5.36. The third-order valence-electron chi connectivity index (χ3n) is 7.09. The van der Waals surface area contributed by atoms with Gasteiger partial charge in [0.25, 0.3) is 11.8 Å². The SMILES string of the molecule is C/C=C/c1cc2c(cc1C(=O)N(C(C)C)[C@@H]1CCCN(C(=O)OC(C)(C)C)C1)N(CCCOC)C(=O)C(C)(C)O2. The second kappa shape index (κ2) is 12.6. The molecule has 0 N–H and O–H groups in total. The van der Waals surface area contributed by atoms with Crippen LogP contribution in [0.5, 0.6) is 5.75 Å². The predicted molar refractivity (Wildman–Crippen MR) is 157 cm³/mol. The van der Waals surface area contributed by atoms with E-state index in [2.05, 4.69) is 0 Å². The molecule has 0 saturated carbocycles. The summed E-state index contributed by atoms with van der Waals surface area (Å²) in [5, 5.41) is 0. The van der Waals surface area contributed by atoms with Gasteiger partial charge in [0, 0.05) is 45.0 Å². The van der Waals surface area contributed by atoms with E-state index in [0.29, 0.717) is 49.7 Å². The van der Waals surface area contributed by atoms with Crippen LogP contribution in [-0.2, 0) is 14.3 Å². The molecule has 2 heterocycles. The number of fused-ring (bicyclic) bond motifs is 1. The van der Waals surface area contributed by atoms with Gasteiger partial charge in [-0.2, -0.15) is 0 Å². The average Bonchev–Trinajstić information content (AvgIpc) is 2.85. The third-order valence-corrected chi connectivity index (χ3v) is 7.09. The van der Waals surface area contributed by atoms with Crippen molar-refractivity contribution in [2.24, 2.45) is 0 Å². The van der Waals surface area contributed by atoms with Crippen molar-refractivity contribution in [3.05, 3.63) is 29.3 Å². The lowest BCUT2D eigenvalue weighted by atomic mass is 9.96. The Balaban J connectivity index is 2.01. The van der Waals surface area contributed by atoms with Crippen molar-refractivity contribution < 1.29 is 28.6 Å². The van der Waals surface area contributed by atoms with Crippen molar-refractivity contribution in [1.82, 2.24) is 9.80 Å². The molecule has 1 saturated heterocycles. The maximum Gasteiger partial charge on any atom is 0.410 e. The second-order valence-electron chi connectivity index (χ2n) is 12.4. The smallest absolute Gasteiger partial charge is 0.410 e. The van der Waals surface area contributed by atoms with Crippen LogP contribution in [0.15, 0.2) is 18.2 Å². The van der Waals surface area contributed by atoms with Crippen LogP contribution in [0, 0.1) is 0 Å². The van der Waals surface area contributed by atoms with Crippen molar-refractivity contribution in [2.75, 3.05) is 38.3 Å². The van der Waals surface area contributed by atoms with E-state index >= 15 is 0 Å². The fraction of sp³-hybridized carbons (Fsp3) is 0.645. The van der Waals surface area contributed by atoms with E-state index in [4.69, 9.17) is 14.2 Å². The number of benzene rings is 1. The normalized spacial score (nSPS) is 19.1. The summed E-state index contributed by atoms with van der Waals surface area (Å²) in [6.07, 6.45) is 5.63. The van der Waals surface area contributed by atoms with Crippen LogP contribution < -0.4 is 9.64 Å². The van der Waals surface area contributed by atoms with Gasteiger partial charge in [0.2, 0.25) is 0 Å². The molecule has 40 heavy (non-hydrogen) atoms. The van der Waals surface area contributed by atoms with Crippen molar-refractivity contribution in [3.8, 4) is 5.75 Å². The Labute approximate surface area is 239 Å². The Kier molecular flexibility index (Phi) is 9.93. The van der Waals surface area contributed by atoms with Gasteiger partial charge in [-0.05, 0) is 92.3 Å². The van der Waals surface area contributed by atoms with E-state index in [1.165, 1.54) is 0 Å². The highest BCUT2D eigenvalue weighted by molar-refractivity contribution is 6.05. The summed E-state index contributed by atoms with van der Waals surface area (Å²) in [6.45, 7) is 16.9. The first kappa shape index (κ1) is 31.5. The molecule has 1 aromatic rings. The lowest BCUT2D eigenvalue weighted by molar-refractivity contribution is -0.132. The van der Waals surface area contributed by atoms with Crippen LogP contribution in [0.3, 0.4) is 0 Å². The summed E-state index contributed by atoms with van der Waals surface area (Å²) in [5.41, 5.74) is 0.174. The number of ether oxygens (including phenoxy) is 3. The summed E-state index contributed by atoms with van der Waals surface area (Å²) < 4.78 is 17.0. The molecule has 1 atom stereocenters.